The van der Waals surface area contributed by atoms with E-state index in [1.165, 1.54) is 10.5 Å². The molecular formula is C13H20NO3S2+. The predicted molar refractivity (Wildman–Crippen MR) is 77.1 cm³/mol. The number of aliphatic hydroxyl groups excluding tert-OH is 1. The molecule has 0 aromatic heterocycles. The minimum atomic E-state index is -3.03. The Hall–Kier alpha value is -0.560. The van der Waals surface area contributed by atoms with Crippen LogP contribution in [-0.4, -0.2) is 49.5 Å². The molecule has 2 atom stereocenters. The molecule has 0 aliphatic carbocycles. The highest BCUT2D eigenvalue weighted by atomic mass is 32.2. The largest absolute Gasteiger partial charge is 0.386 e. The highest BCUT2D eigenvalue weighted by Gasteiger charge is 2.38. The number of quaternary nitrogens is 1. The second kappa shape index (κ2) is 6.26. The van der Waals surface area contributed by atoms with Gasteiger partial charge in [0.2, 0.25) is 0 Å². The molecule has 0 bridgehead atoms. The fourth-order valence-corrected chi connectivity index (χ4v) is 4.84. The van der Waals surface area contributed by atoms with Crippen molar-refractivity contribution in [1.82, 2.24) is 0 Å². The van der Waals surface area contributed by atoms with Gasteiger partial charge in [0, 0.05) is 10.6 Å². The van der Waals surface area contributed by atoms with Gasteiger partial charge in [-0.2, -0.15) is 0 Å². The van der Waals surface area contributed by atoms with Crippen LogP contribution in [0.1, 0.15) is 5.56 Å². The number of nitrogens with two attached hydrogens (primary N) is 1. The van der Waals surface area contributed by atoms with Crippen molar-refractivity contribution in [2.45, 2.75) is 24.0 Å². The number of aliphatic hydroxyl groups is 1. The normalized spacial score (nSPS) is 25.6. The number of benzene rings is 1. The van der Waals surface area contributed by atoms with Gasteiger partial charge in [-0.25, -0.2) is 8.42 Å². The molecule has 1 aliphatic heterocycles. The summed E-state index contributed by atoms with van der Waals surface area (Å²) in [6, 6.07) is 8.16. The number of hydrogen-bond donors (Lipinski definition) is 2. The first-order chi connectivity index (χ1) is 8.96. The van der Waals surface area contributed by atoms with E-state index in [0.717, 1.165) is 12.3 Å². The van der Waals surface area contributed by atoms with Crippen LogP contribution in [0.2, 0.25) is 0 Å². The minimum Gasteiger partial charge on any atom is -0.386 e. The van der Waals surface area contributed by atoms with E-state index in [1.807, 2.05) is 5.32 Å². The maximum absolute atomic E-state index is 11.4. The summed E-state index contributed by atoms with van der Waals surface area (Å²) in [6.45, 7) is 2.87. The van der Waals surface area contributed by atoms with Crippen molar-refractivity contribution < 1.29 is 18.8 Å². The van der Waals surface area contributed by atoms with Crippen LogP contribution >= 0.6 is 11.8 Å². The number of hydrogen-bond acceptors (Lipinski definition) is 4. The Morgan fingerprint density at radius 1 is 1.32 bits per heavy atom. The third-order valence-electron chi connectivity index (χ3n) is 3.24. The molecule has 0 spiro atoms. The fraction of sp³-hybridized carbons (Fsp3) is 0.538. The van der Waals surface area contributed by atoms with Gasteiger partial charge in [0.05, 0.1) is 12.3 Å². The second-order valence-electron chi connectivity index (χ2n) is 4.99. The summed E-state index contributed by atoms with van der Waals surface area (Å²) < 4.78 is 22.7. The van der Waals surface area contributed by atoms with Gasteiger partial charge in [-0.15, -0.1) is 11.8 Å². The zero-order valence-electron chi connectivity index (χ0n) is 11.0. The SMILES string of the molecule is Cc1ccc(SCC[NH2+][C@@H]2CS(=O)(=O)C[C@H]2O)cc1. The van der Waals surface area contributed by atoms with Crippen molar-refractivity contribution in [3.05, 3.63) is 29.8 Å². The lowest BCUT2D eigenvalue weighted by Gasteiger charge is -2.11. The van der Waals surface area contributed by atoms with Crippen molar-refractivity contribution in [2.24, 2.45) is 0 Å². The lowest BCUT2D eigenvalue weighted by Crippen LogP contribution is -2.93. The van der Waals surface area contributed by atoms with Gasteiger partial charge in [-0.1, -0.05) is 17.7 Å². The summed E-state index contributed by atoms with van der Waals surface area (Å²) in [6.07, 6.45) is -0.714. The molecule has 1 heterocycles. The van der Waals surface area contributed by atoms with E-state index in [4.69, 9.17) is 0 Å². The number of thioether (sulfide) groups is 1. The first kappa shape index (κ1) is 14.8. The molecule has 1 fully saturated rings. The second-order valence-corrected chi connectivity index (χ2v) is 8.32. The van der Waals surface area contributed by atoms with Gasteiger partial charge in [0.1, 0.15) is 17.9 Å². The van der Waals surface area contributed by atoms with Crippen molar-refractivity contribution >= 4 is 21.6 Å². The van der Waals surface area contributed by atoms with Crippen molar-refractivity contribution in [2.75, 3.05) is 23.8 Å². The number of rotatable bonds is 5. The molecular weight excluding hydrogens is 282 g/mol. The van der Waals surface area contributed by atoms with E-state index in [0.29, 0.717) is 0 Å². The molecule has 1 aromatic rings. The van der Waals surface area contributed by atoms with Gasteiger partial charge in [-0.05, 0) is 19.1 Å². The smallest absolute Gasteiger partial charge is 0.159 e. The molecule has 1 aromatic carbocycles. The Balaban J connectivity index is 1.71. The van der Waals surface area contributed by atoms with Crippen LogP contribution in [-0.2, 0) is 9.84 Å². The lowest BCUT2D eigenvalue weighted by atomic mass is 10.2. The van der Waals surface area contributed by atoms with Crippen molar-refractivity contribution in [1.29, 1.82) is 0 Å². The van der Waals surface area contributed by atoms with E-state index in [-0.39, 0.29) is 17.5 Å². The summed E-state index contributed by atoms with van der Waals surface area (Å²) in [5, 5.41) is 11.6. The van der Waals surface area contributed by atoms with Gasteiger partial charge in [0.25, 0.3) is 0 Å². The molecule has 3 N–H and O–H groups in total. The molecule has 2 rings (SSSR count). The summed E-state index contributed by atoms with van der Waals surface area (Å²) >= 11 is 1.75. The van der Waals surface area contributed by atoms with Crippen LogP contribution in [0.15, 0.2) is 29.2 Å². The van der Waals surface area contributed by atoms with Crippen LogP contribution in [0.5, 0.6) is 0 Å². The average molecular weight is 302 g/mol. The third kappa shape index (κ3) is 4.49. The van der Waals surface area contributed by atoms with Gasteiger partial charge < -0.3 is 10.4 Å². The van der Waals surface area contributed by atoms with E-state index >= 15 is 0 Å². The Labute approximate surface area is 118 Å². The van der Waals surface area contributed by atoms with Gasteiger partial charge in [0.15, 0.2) is 9.84 Å². The maximum atomic E-state index is 11.4. The predicted octanol–water partition coefficient (Wildman–Crippen LogP) is -0.192. The first-order valence-corrected chi connectivity index (χ1v) is 9.18. The molecule has 6 heteroatoms. The van der Waals surface area contributed by atoms with Crippen LogP contribution < -0.4 is 5.32 Å². The van der Waals surface area contributed by atoms with Crippen LogP contribution in [0, 0.1) is 6.92 Å². The zero-order chi connectivity index (χ0) is 13.9. The molecule has 19 heavy (non-hydrogen) atoms. The highest BCUT2D eigenvalue weighted by molar-refractivity contribution is 7.99. The molecule has 106 valence electrons. The maximum Gasteiger partial charge on any atom is 0.159 e. The molecule has 0 amide bonds. The summed E-state index contributed by atoms with van der Waals surface area (Å²) in [7, 11) is -3.03. The van der Waals surface area contributed by atoms with E-state index in [1.54, 1.807) is 11.8 Å². The molecule has 1 saturated heterocycles. The number of aryl methyl sites for hydroxylation is 1. The molecule has 4 nitrogen and oxygen atoms in total. The quantitative estimate of drug-likeness (QED) is 0.584. The van der Waals surface area contributed by atoms with E-state index in [2.05, 4.69) is 31.2 Å². The average Bonchev–Trinajstić information content (AvgIpc) is 2.60. The van der Waals surface area contributed by atoms with Crippen LogP contribution in [0.3, 0.4) is 0 Å². The van der Waals surface area contributed by atoms with E-state index < -0.39 is 15.9 Å². The van der Waals surface area contributed by atoms with Crippen LogP contribution in [0.25, 0.3) is 0 Å². The minimum absolute atomic E-state index is 0.0841. The molecule has 0 saturated carbocycles. The van der Waals surface area contributed by atoms with E-state index in [9.17, 15) is 13.5 Å². The standard InChI is InChI=1S/C13H19NO3S2/c1-10-2-4-11(5-3-10)18-7-6-14-12-8-19(16,17)9-13(12)15/h2-5,12-15H,6-9H2,1H3/p+1/t12-,13-/m1/s1. The highest BCUT2D eigenvalue weighted by Crippen LogP contribution is 2.17. The zero-order valence-corrected chi connectivity index (χ0v) is 12.6. The molecule has 1 aliphatic rings. The summed E-state index contributed by atoms with van der Waals surface area (Å²) in [4.78, 5) is 1.22. The van der Waals surface area contributed by atoms with Gasteiger partial charge in [-0.3, -0.25) is 0 Å². The lowest BCUT2D eigenvalue weighted by molar-refractivity contribution is -0.686. The van der Waals surface area contributed by atoms with Crippen molar-refractivity contribution in [3.8, 4) is 0 Å². The van der Waals surface area contributed by atoms with Crippen LogP contribution in [0.4, 0.5) is 0 Å². The first-order valence-electron chi connectivity index (χ1n) is 6.37. The third-order valence-corrected chi connectivity index (χ3v) is 6.03. The Kier molecular flexibility index (Phi) is 4.89. The fourth-order valence-electron chi connectivity index (χ4n) is 2.17. The summed E-state index contributed by atoms with van der Waals surface area (Å²) in [5.41, 5.74) is 1.25. The van der Waals surface area contributed by atoms with Crippen molar-refractivity contribution in [3.63, 3.8) is 0 Å². The molecule has 0 radical (unpaired) electrons. The monoisotopic (exact) mass is 302 g/mol. The van der Waals surface area contributed by atoms with Gasteiger partial charge >= 0.3 is 0 Å². The topological polar surface area (TPSA) is 71.0 Å². The summed E-state index contributed by atoms with van der Waals surface area (Å²) in [5.74, 6) is 0.926. The molecule has 0 unspecified atom stereocenters. The Morgan fingerprint density at radius 2 is 2.00 bits per heavy atom. The number of sulfone groups is 1. The Morgan fingerprint density at radius 3 is 2.58 bits per heavy atom. The Bertz CT molecular complexity index is 513.